The summed E-state index contributed by atoms with van der Waals surface area (Å²) >= 11 is 0. The van der Waals surface area contributed by atoms with Gasteiger partial charge in [-0.05, 0) is 37.5 Å². The Balaban J connectivity index is 5.26. The van der Waals surface area contributed by atoms with Crippen molar-refractivity contribution in [2.75, 3.05) is 39.6 Å². The molecule has 0 amide bonds. The van der Waals surface area contributed by atoms with Crippen LogP contribution in [0.3, 0.4) is 0 Å². The fraction of sp³-hybridized carbons (Fsp3) is 0.955. The maximum absolute atomic E-state index is 13.2. The molecule has 0 aliphatic carbocycles. The molecule has 0 saturated carbocycles. The third-order valence-corrected chi connectivity index (χ3v) is 23.6. The van der Waals surface area contributed by atoms with Crippen LogP contribution in [0.1, 0.15) is 478 Å². The lowest BCUT2D eigenvalue weighted by atomic mass is 9.99. The van der Waals surface area contributed by atoms with Gasteiger partial charge >= 0.3 is 39.5 Å². The summed E-state index contributed by atoms with van der Waals surface area (Å²) in [7, 11) is -9.93. The van der Waals surface area contributed by atoms with Crippen molar-refractivity contribution in [2.24, 2.45) is 11.8 Å². The lowest BCUT2D eigenvalue weighted by molar-refractivity contribution is -0.161. The second kappa shape index (κ2) is 80.3. The minimum absolute atomic E-state index is 0.108. The summed E-state index contributed by atoms with van der Waals surface area (Å²) in [6.07, 6.45) is 73.4. The van der Waals surface area contributed by atoms with E-state index in [4.69, 9.17) is 37.0 Å². The Hall–Kier alpha value is -1.94. The molecule has 4 unspecified atom stereocenters. The van der Waals surface area contributed by atoms with Crippen LogP contribution in [0, 0.1) is 11.8 Å². The van der Waals surface area contributed by atoms with Crippen LogP contribution in [0.25, 0.3) is 0 Å². The monoisotopic (exact) mass is 1580 g/mol. The molecule has 642 valence electrons. The number of carbonyl (C=O) groups excluding carboxylic acids is 4. The SMILES string of the molecule is CCCCCCCCCCCCCCCCCCCCCCC(=O)O[C@H](COC(=O)CCCCCCCCCCCCCCCCC(C)CC)COP(=O)(O)OC[C@@H](O)COP(=O)(O)OC[C@@H](COC(=O)CCCCCCCCCCCCCC)OC(=O)CCCCCCCCCCCCCCCCC(C)CC. The first-order valence-corrected chi connectivity index (χ1v) is 49.1. The molecule has 0 aromatic heterocycles. The number of phosphoric ester groups is 2. The second-order valence-corrected chi connectivity index (χ2v) is 35.4. The second-order valence-electron chi connectivity index (χ2n) is 32.5. The molecule has 0 aliphatic heterocycles. The zero-order valence-electron chi connectivity index (χ0n) is 71.2. The van der Waals surface area contributed by atoms with Gasteiger partial charge in [0.15, 0.2) is 12.2 Å². The zero-order valence-corrected chi connectivity index (χ0v) is 73.0. The molecule has 0 aromatic rings. The van der Waals surface area contributed by atoms with Gasteiger partial charge in [0.1, 0.15) is 19.3 Å². The average molecular weight is 1580 g/mol. The van der Waals surface area contributed by atoms with Crippen molar-refractivity contribution < 1.29 is 80.2 Å². The molecule has 0 aromatic carbocycles. The highest BCUT2D eigenvalue weighted by Crippen LogP contribution is 2.45. The van der Waals surface area contributed by atoms with Gasteiger partial charge in [-0.3, -0.25) is 37.3 Å². The lowest BCUT2D eigenvalue weighted by Gasteiger charge is -2.21. The summed E-state index contributed by atoms with van der Waals surface area (Å²) in [5.74, 6) is -0.400. The number of hydrogen-bond donors (Lipinski definition) is 3. The van der Waals surface area contributed by atoms with Crippen LogP contribution in [-0.4, -0.2) is 96.7 Å². The number of carbonyl (C=O) groups is 4. The minimum Gasteiger partial charge on any atom is -0.462 e. The van der Waals surface area contributed by atoms with E-state index in [9.17, 15) is 43.2 Å². The molecule has 3 N–H and O–H groups in total. The van der Waals surface area contributed by atoms with Crippen molar-refractivity contribution in [1.29, 1.82) is 0 Å². The van der Waals surface area contributed by atoms with Crippen molar-refractivity contribution in [3.8, 4) is 0 Å². The first-order valence-electron chi connectivity index (χ1n) is 46.1. The number of phosphoric acid groups is 2. The number of esters is 4. The Bertz CT molecular complexity index is 2070. The third kappa shape index (κ3) is 79.3. The summed E-state index contributed by atoms with van der Waals surface area (Å²) in [6, 6.07) is 0. The average Bonchev–Trinajstić information content (AvgIpc) is 0.898. The van der Waals surface area contributed by atoms with Crippen molar-refractivity contribution >= 4 is 39.5 Å². The first-order chi connectivity index (χ1) is 52.4. The van der Waals surface area contributed by atoms with E-state index in [1.54, 1.807) is 0 Å². The Kier molecular flexibility index (Phi) is 78.8. The molecule has 19 heteroatoms. The Labute approximate surface area is 664 Å². The molecule has 0 rings (SSSR count). The predicted octanol–water partition coefficient (Wildman–Crippen LogP) is 27.4. The van der Waals surface area contributed by atoms with Gasteiger partial charge in [-0.1, -0.05) is 427 Å². The van der Waals surface area contributed by atoms with E-state index in [2.05, 4.69) is 41.5 Å². The van der Waals surface area contributed by atoms with Crippen LogP contribution in [0.15, 0.2) is 0 Å². The molecular weight excluding hydrogens is 1400 g/mol. The van der Waals surface area contributed by atoms with Gasteiger partial charge in [0.2, 0.25) is 0 Å². The van der Waals surface area contributed by atoms with Gasteiger partial charge < -0.3 is 33.8 Å². The van der Waals surface area contributed by atoms with Crippen LogP contribution >= 0.6 is 15.6 Å². The van der Waals surface area contributed by atoms with Crippen molar-refractivity contribution in [2.45, 2.75) is 496 Å². The third-order valence-electron chi connectivity index (χ3n) is 21.7. The molecule has 0 fully saturated rings. The van der Waals surface area contributed by atoms with Gasteiger partial charge in [-0.25, -0.2) is 9.13 Å². The number of unbranched alkanes of at least 4 members (excludes halogenated alkanes) is 56. The Morgan fingerprint density at radius 3 is 0.657 bits per heavy atom. The summed E-state index contributed by atoms with van der Waals surface area (Å²) in [5.41, 5.74) is 0. The van der Waals surface area contributed by atoms with E-state index in [1.807, 2.05) is 0 Å². The van der Waals surface area contributed by atoms with Crippen LogP contribution in [0.4, 0.5) is 0 Å². The van der Waals surface area contributed by atoms with E-state index >= 15 is 0 Å². The Morgan fingerprint density at radius 2 is 0.444 bits per heavy atom. The van der Waals surface area contributed by atoms with Crippen LogP contribution < -0.4 is 0 Å². The summed E-state index contributed by atoms with van der Waals surface area (Å²) in [4.78, 5) is 73.4. The molecule has 0 saturated heterocycles. The van der Waals surface area contributed by atoms with Crippen molar-refractivity contribution in [3.05, 3.63) is 0 Å². The largest absolute Gasteiger partial charge is 0.472 e. The van der Waals surface area contributed by atoms with E-state index in [1.165, 1.54) is 295 Å². The quantitative estimate of drug-likeness (QED) is 0.0222. The first kappa shape index (κ1) is 106. The maximum Gasteiger partial charge on any atom is 0.472 e. The van der Waals surface area contributed by atoms with Gasteiger partial charge in [0, 0.05) is 25.7 Å². The van der Waals surface area contributed by atoms with Crippen LogP contribution in [0.5, 0.6) is 0 Å². The number of ether oxygens (including phenoxy) is 4. The molecule has 0 spiro atoms. The van der Waals surface area contributed by atoms with E-state index in [0.717, 1.165) is 102 Å². The number of aliphatic hydroxyl groups excluding tert-OH is 1. The van der Waals surface area contributed by atoms with Gasteiger partial charge in [0.25, 0.3) is 0 Å². The minimum atomic E-state index is -4.97. The number of hydrogen-bond acceptors (Lipinski definition) is 15. The Morgan fingerprint density at radius 1 is 0.259 bits per heavy atom. The molecular formula is C89H174O17P2. The topological polar surface area (TPSA) is 237 Å². The normalized spacial score (nSPS) is 14.3. The number of rotatable bonds is 88. The van der Waals surface area contributed by atoms with Crippen LogP contribution in [0.2, 0.25) is 0 Å². The fourth-order valence-corrected chi connectivity index (χ4v) is 15.5. The highest BCUT2D eigenvalue weighted by molar-refractivity contribution is 7.47. The highest BCUT2D eigenvalue weighted by atomic mass is 31.2. The maximum atomic E-state index is 13.2. The lowest BCUT2D eigenvalue weighted by Crippen LogP contribution is -2.30. The standard InChI is InChI=1S/C89H174O17P2/c1-7-11-13-15-17-19-21-23-24-25-26-27-28-29-37-43-49-55-61-67-73-88(93)106-85(78-100-87(92)72-66-60-54-48-42-36-32-30-34-39-45-51-57-63-69-81(5)9-3)80-104-108(97,98)102-76-83(90)75-101-107(95,96)103-79-84(77-99-86(91)71-65-59-53-47-41-22-20-18-16-14-12-8-2)105-89(94)74-68-62-56-50-44-38-33-31-35-40-46-52-58-64-70-82(6)10-4/h81-85,90H,7-80H2,1-6H3,(H,95,96)(H,97,98)/t81?,82?,83-,84+,85+/m0/s1. The van der Waals surface area contributed by atoms with Crippen molar-refractivity contribution in [1.82, 2.24) is 0 Å². The van der Waals surface area contributed by atoms with E-state index < -0.39 is 97.5 Å². The van der Waals surface area contributed by atoms with Gasteiger partial charge in [-0.2, -0.15) is 0 Å². The molecule has 108 heavy (non-hydrogen) atoms. The predicted molar refractivity (Wildman–Crippen MR) is 446 cm³/mol. The zero-order chi connectivity index (χ0) is 79.2. The van der Waals surface area contributed by atoms with E-state index in [-0.39, 0.29) is 25.7 Å². The summed E-state index contributed by atoms with van der Waals surface area (Å²) < 4.78 is 69.0. The fourth-order valence-electron chi connectivity index (χ4n) is 13.9. The molecule has 0 aliphatic rings. The number of aliphatic hydroxyl groups is 1. The molecule has 17 nitrogen and oxygen atoms in total. The molecule has 0 bridgehead atoms. The summed E-state index contributed by atoms with van der Waals surface area (Å²) in [5, 5.41) is 10.7. The van der Waals surface area contributed by atoms with Crippen molar-refractivity contribution in [3.63, 3.8) is 0 Å². The molecule has 0 heterocycles. The van der Waals surface area contributed by atoms with Gasteiger partial charge in [0.05, 0.1) is 26.4 Å². The smallest absolute Gasteiger partial charge is 0.462 e. The van der Waals surface area contributed by atoms with Crippen LogP contribution in [-0.2, 0) is 65.4 Å². The highest BCUT2D eigenvalue weighted by Gasteiger charge is 2.31. The molecule has 7 atom stereocenters. The van der Waals surface area contributed by atoms with E-state index in [0.29, 0.717) is 25.7 Å². The molecule has 0 radical (unpaired) electrons. The summed E-state index contributed by atoms with van der Waals surface area (Å²) in [6.45, 7) is 9.80. The van der Waals surface area contributed by atoms with Gasteiger partial charge in [-0.15, -0.1) is 0 Å².